The number of rotatable bonds is 7. The van der Waals surface area contributed by atoms with Gasteiger partial charge in [0.2, 0.25) is 0 Å². The maximum Gasteiger partial charge on any atom is 0.194 e. The second-order valence-electron chi connectivity index (χ2n) is 6.55. The smallest absolute Gasteiger partial charge is 0.194 e. The Morgan fingerprint density at radius 3 is 2.68 bits per heavy atom. The highest BCUT2D eigenvalue weighted by molar-refractivity contribution is 5.80. The molecular formula is C21H29N5O2. The monoisotopic (exact) mass is 383 g/mol. The lowest BCUT2D eigenvalue weighted by atomic mass is 10.2. The molecule has 28 heavy (non-hydrogen) atoms. The van der Waals surface area contributed by atoms with Crippen LogP contribution in [0.4, 0.5) is 5.82 Å². The third-order valence-electron chi connectivity index (χ3n) is 4.67. The van der Waals surface area contributed by atoms with Crippen molar-refractivity contribution in [3.63, 3.8) is 0 Å². The molecule has 1 fully saturated rings. The van der Waals surface area contributed by atoms with Gasteiger partial charge < -0.3 is 24.6 Å². The lowest BCUT2D eigenvalue weighted by Gasteiger charge is -2.37. The van der Waals surface area contributed by atoms with Crippen LogP contribution in [0.1, 0.15) is 5.56 Å². The first-order chi connectivity index (χ1) is 13.8. The molecule has 3 rings (SSSR count). The van der Waals surface area contributed by atoms with Gasteiger partial charge in [0, 0.05) is 53.1 Å². The molecule has 1 aliphatic rings. The van der Waals surface area contributed by atoms with Gasteiger partial charge in [-0.25, -0.2) is 4.98 Å². The van der Waals surface area contributed by atoms with Gasteiger partial charge in [-0.05, 0) is 29.8 Å². The van der Waals surface area contributed by atoms with Gasteiger partial charge in [-0.3, -0.25) is 4.99 Å². The molecule has 0 atom stereocenters. The van der Waals surface area contributed by atoms with Gasteiger partial charge in [0.05, 0.1) is 6.61 Å². The van der Waals surface area contributed by atoms with E-state index in [9.17, 15) is 0 Å². The zero-order valence-corrected chi connectivity index (χ0v) is 16.7. The predicted molar refractivity (Wildman–Crippen MR) is 112 cm³/mol. The van der Waals surface area contributed by atoms with E-state index in [-0.39, 0.29) is 0 Å². The van der Waals surface area contributed by atoms with Crippen LogP contribution in [0.15, 0.2) is 53.7 Å². The first-order valence-corrected chi connectivity index (χ1v) is 9.62. The molecular weight excluding hydrogens is 354 g/mol. The summed E-state index contributed by atoms with van der Waals surface area (Å²) in [5.74, 6) is 2.82. The predicted octanol–water partition coefficient (Wildman–Crippen LogP) is 2.00. The van der Waals surface area contributed by atoms with Crippen molar-refractivity contribution in [2.75, 3.05) is 58.5 Å². The second kappa shape index (κ2) is 10.5. The summed E-state index contributed by atoms with van der Waals surface area (Å²) >= 11 is 0. The summed E-state index contributed by atoms with van der Waals surface area (Å²) in [6.07, 6.45) is 1.84. The van der Waals surface area contributed by atoms with Crippen LogP contribution in [0, 0.1) is 0 Å². The van der Waals surface area contributed by atoms with Crippen LogP contribution in [-0.2, 0) is 11.3 Å². The highest BCUT2D eigenvalue weighted by Gasteiger charge is 2.20. The summed E-state index contributed by atoms with van der Waals surface area (Å²) in [6.45, 7) is 5.53. The molecule has 0 spiro atoms. The van der Waals surface area contributed by atoms with E-state index in [2.05, 4.69) is 43.3 Å². The van der Waals surface area contributed by atoms with Crippen LogP contribution < -0.4 is 15.0 Å². The number of aliphatic imine (C=N–C) groups is 1. The number of nitrogens with one attached hydrogen (secondary N) is 1. The van der Waals surface area contributed by atoms with E-state index in [1.807, 2.05) is 37.5 Å². The fraction of sp³-hybridized carbons (Fsp3) is 0.429. The first kappa shape index (κ1) is 19.9. The van der Waals surface area contributed by atoms with Gasteiger partial charge >= 0.3 is 0 Å². The van der Waals surface area contributed by atoms with Crippen molar-refractivity contribution in [2.24, 2.45) is 4.99 Å². The molecule has 1 aromatic heterocycles. The molecule has 0 amide bonds. The Morgan fingerprint density at radius 2 is 1.96 bits per heavy atom. The number of anilines is 1. The topological polar surface area (TPSA) is 62.2 Å². The fourth-order valence-corrected chi connectivity index (χ4v) is 3.19. The van der Waals surface area contributed by atoms with E-state index >= 15 is 0 Å². The zero-order valence-electron chi connectivity index (χ0n) is 16.7. The van der Waals surface area contributed by atoms with Crippen molar-refractivity contribution in [1.29, 1.82) is 0 Å². The summed E-state index contributed by atoms with van der Waals surface area (Å²) in [5, 5.41) is 3.47. The Kier molecular flexibility index (Phi) is 7.49. The Bertz CT molecular complexity index is 745. The number of ether oxygens (including phenoxy) is 2. The van der Waals surface area contributed by atoms with Gasteiger partial charge in [-0.1, -0.05) is 18.2 Å². The molecule has 1 N–H and O–H groups in total. The van der Waals surface area contributed by atoms with Gasteiger partial charge in [-0.2, -0.15) is 0 Å². The van der Waals surface area contributed by atoms with E-state index in [1.54, 1.807) is 7.11 Å². The molecule has 0 aliphatic carbocycles. The molecule has 150 valence electrons. The second-order valence-corrected chi connectivity index (χ2v) is 6.55. The standard InChI is InChI=1S/C21H29N5O2/c1-22-21(24-17-18-6-5-7-19(16-18)28-15-14-27-2)26-12-10-25(11-13-26)20-8-3-4-9-23-20/h3-9,16H,10-15,17H2,1-2H3,(H,22,24). The van der Waals surface area contributed by atoms with Crippen molar-refractivity contribution in [3.8, 4) is 5.75 Å². The fourth-order valence-electron chi connectivity index (χ4n) is 3.19. The number of methoxy groups -OCH3 is 1. The van der Waals surface area contributed by atoms with Crippen molar-refractivity contribution in [1.82, 2.24) is 15.2 Å². The van der Waals surface area contributed by atoms with Crippen molar-refractivity contribution in [2.45, 2.75) is 6.54 Å². The molecule has 0 radical (unpaired) electrons. The van der Waals surface area contributed by atoms with Crippen molar-refractivity contribution in [3.05, 3.63) is 54.2 Å². The summed E-state index contributed by atoms with van der Waals surface area (Å²) in [4.78, 5) is 13.5. The Hall–Kier alpha value is -2.80. The average molecular weight is 383 g/mol. The number of piperazine rings is 1. The quantitative estimate of drug-likeness (QED) is 0.448. The first-order valence-electron chi connectivity index (χ1n) is 9.62. The molecule has 2 heterocycles. The molecule has 1 aromatic carbocycles. The van der Waals surface area contributed by atoms with Crippen LogP contribution in [-0.4, -0.2) is 69.4 Å². The van der Waals surface area contributed by atoms with E-state index in [0.29, 0.717) is 19.8 Å². The van der Waals surface area contributed by atoms with E-state index in [4.69, 9.17) is 9.47 Å². The number of benzene rings is 1. The Morgan fingerprint density at radius 1 is 1.11 bits per heavy atom. The molecule has 0 saturated carbocycles. The minimum Gasteiger partial charge on any atom is -0.491 e. The Balaban J connectivity index is 1.49. The molecule has 1 aliphatic heterocycles. The molecule has 1 saturated heterocycles. The highest BCUT2D eigenvalue weighted by Crippen LogP contribution is 2.14. The van der Waals surface area contributed by atoms with E-state index in [1.165, 1.54) is 0 Å². The molecule has 2 aromatic rings. The number of pyridine rings is 1. The summed E-state index contributed by atoms with van der Waals surface area (Å²) in [5.41, 5.74) is 1.16. The van der Waals surface area contributed by atoms with Gasteiger partial charge in [-0.15, -0.1) is 0 Å². The molecule has 7 nitrogen and oxygen atoms in total. The number of hydrogen-bond donors (Lipinski definition) is 1. The normalized spacial score (nSPS) is 14.9. The lowest BCUT2D eigenvalue weighted by Crippen LogP contribution is -2.52. The van der Waals surface area contributed by atoms with Crippen LogP contribution >= 0.6 is 0 Å². The van der Waals surface area contributed by atoms with Crippen molar-refractivity contribution < 1.29 is 9.47 Å². The van der Waals surface area contributed by atoms with Crippen LogP contribution in [0.3, 0.4) is 0 Å². The number of aromatic nitrogens is 1. The maximum atomic E-state index is 5.69. The molecule has 0 unspecified atom stereocenters. The van der Waals surface area contributed by atoms with E-state index in [0.717, 1.165) is 49.3 Å². The maximum absolute atomic E-state index is 5.69. The van der Waals surface area contributed by atoms with Gasteiger partial charge in [0.1, 0.15) is 18.2 Å². The number of guanidine groups is 1. The lowest BCUT2D eigenvalue weighted by molar-refractivity contribution is 0.146. The minimum absolute atomic E-state index is 0.551. The minimum atomic E-state index is 0.551. The Labute approximate surface area is 167 Å². The van der Waals surface area contributed by atoms with Crippen LogP contribution in [0.2, 0.25) is 0 Å². The van der Waals surface area contributed by atoms with Crippen LogP contribution in [0.5, 0.6) is 5.75 Å². The number of hydrogen-bond acceptors (Lipinski definition) is 5. The van der Waals surface area contributed by atoms with E-state index < -0.39 is 0 Å². The van der Waals surface area contributed by atoms with Gasteiger partial charge in [0.15, 0.2) is 5.96 Å². The average Bonchev–Trinajstić information content (AvgIpc) is 2.76. The summed E-state index contributed by atoms with van der Waals surface area (Å²) < 4.78 is 10.7. The third-order valence-corrected chi connectivity index (χ3v) is 4.67. The zero-order chi connectivity index (χ0) is 19.6. The number of nitrogens with zero attached hydrogens (tertiary/aromatic N) is 4. The van der Waals surface area contributed by atoms with Crippen molar-refractivity contribution >= 4 is 11.8 Å². The SMILES string of the molecule is CN=C(NCc1cccc(OCCOC)c1)N1CCN(c2ccccn2)CC1. The molecule has 7 heteroatoms. The summed E-state index contributed by atoms with van der Waals surface area (Å²) in [7, 11) is 3.50. The summed E-state index contributed by atoms with van der Waals surface area (Å²) in [6, 6.07) is 14.1. The third kappa shape index (κ3) is 5.60. The van der Waals surface area contributed by atoms with Gasteiger partial charge in [0.25, 0.3) is 0 Å². The van der Waals surface area contributed by atoms with Crippen LogP contribution in [0.25, 0.3) is 0 Å². The molecule has 0 bridgehead atoms. The highest BCUT2D eigenvalue weighted by atomic mass is 16.5. The largest absolute Gasteiger partial charge is 0.491 e.